The van der Waals surface area contributed by atoms with E-state index in [1.807, 2.05) is 0 Å². The first-order chi connectivity index (χ1) is 6.56. The molecule has 2 N–H and O–H groups in total. The average molecular weight is 200 g/mol. The second kappa shape index (κ2) is 4.06. The molecule has 0 bridgehead atoms. The minimum atomic E-state index is -1.66. The fourth-order valence-electron chi connectivity index (χ4n) is 0.989. The van der Waals surface area contributed by atoms with Crippen LogP contribution in [0.3, 0.4) is 0 Å². The molecule has 14 heavy (non-hydrogen) atoms. The smallest absolute Gasteiger partial charge is 0.337 e. The van der Waals surface area contributed by atoms with Gasteiger partial charge >= 0.3 is 5.97 Å². The molecular formula is C9H9FO4. The fourth-order valence-corrected chi connectivity index (χ4v) is 0.989. The van der Waals surface area contributed by atoms with E-state index < -0.39 is 17.9 Å². The van der Waals surface area contributed by atoms with Crippen LogP contribution in [0.25, 0.3) is 0 Å². The maximum Gasteiger partial charge on any atom is 0.337 e. The Morgan fingerprint density at radius 3 is 2.71 bits per heavy atom. The number of hydrogen-bond donors (Lipinski definition) is 2. The van der Waals surface area contributed by atoms with Gasteiger partial charge in [-0.3, -0.25) is 0 Å². The molecule has 1 unspecified atom stereocenters. The number of ether oxygens (including phenoxy) is 1. The molecule has 0 saturated heterocycles. The number of hydrogen-bond acceptors (Lipinski definition) is 3. The monoisotopic (exact) mass is 200 g/mol. The summed E-state index contributed by atoms with van der Waals surface area (Å²) >= 11 is 0. The van der Waals surface area contributed by atoms with Crippen LogP contribution in [0, 0.1) is 5.82 Å². The first-order valence-corrected chi connectivity index (χ1v) is 3.80. The molecule has 1 atom stereocenters. The lowest BCUT2D eigenvalue weighted by atomic mass is 10.1. The van der Waals surface area contributed by atoms with Crippen LogP contribution in [0.2, 0.25) is 0 Å². The molecule has 0 aliphatic heterocycles. The third kappa shape index (κ3) is 2.00. The molecular weight excluding hydrogens is 191 g/mol. The van der Waals surface area contributed by atoms with Crippen LogP contribution in [-0.4, -0.2) is 23.3 Å². The number of aliphatic hydroxyl groups excluding tert-OH is 1. The molecule has 0 radical (unpaired) electrons. The average Bonchev–Trinajstić information content (AvgIpc) is 2.17. The Labute approximate surface area is 79.6 Å². The van der Waals surface area contributed by atoms with Crippen LogP contribution in [0.4, 0.5) is 4.39 Å². The summed E-state index contributed by atoms with van der Waals surface area (Å²) < 4.78 is 17.5. The minimum absolute atomic E-state index is 0.0794. The first kappa shape index (κ1) is 10.5. The molecule has 4 nitrogen and oxygen atoms in total. The van der Waals surface area contributed by atoms with Gasteiger partial charge in [-0.2, -0.15) is 0 Å². The second-order valence-electron chi connectivity index (χ2n) is 2.63. The normalized spacial score (nSPS) is 12.2. The first-order valence-electron chi connectivity index (χ1n) is 3.80. The highest BCUT2D eigenvalue weighted by Gasteiger charge is 2.17. The van der Waals surface area contributed by atoms with E-state index >= 15 is 0 Å². The third-order valence-corrected chi connectivity index (χ3v) is 1.72. The van der Waals surface area contributed by atoms with Gasteiger partial charge in [-0.1, -0.05) is 6.07 Å². The van der Waals surface area contributed by atoms with Crippen LogP contribution in [0.5, 0.6) is 5.75 Å². The Bertz CT molecular complexity index is 351. The maximum atomic E-state index is 12.9. The Hall–Kier alpha value is -1.62. The van der Waals surface area contributed by atoms with Crippen molar-refractivity contribution in [2.24, 2.45) is 0 Å². The molecule has 0 aliphatic carbocycles. The predicted octanol–water partition coefficient (Wildman–Crippen LogP) is 0.952. The van der Waals surface area contributed by atoms with Crippen molar-refractivity contribution in [2.75, 3.05) is 7.11 Å². The molecule has 0 saturated carbocycles. The summed E-state index contributed by atoms with van der Waals surface area (Å²) in [6.07, 6.45) is -1.66. The number of aliphatic carboxylic acids is 1. The minimum Gasteiger partial charge on any atom is -0.494 e. The van der Waals surface area contributed by atoms with Gasteiger partial charge in [0.25, 0.3) is 0 Å². The lowest BCUT2D eigenvalue weighted by Gasteiger charge is -2.08. The largest absolute Gasteiger partial charge is 0.494 e. The quantitative estimate of drug-likeness (QED) is 0.762. The van der Waals surface area contributed by atoms with Gasteiger partial charge in [-0.25, -0.2) is 9.18 Å². The van der Waals surface area contributed by atoms with Crippen molar-refractivity contribution in [3.8, 4) is 5.75 Å². The van der Waals surface area contributed by atoms with Crippen molar-refractivity contribution in [2.45, 2.75) is 6.10 Å². The summed E-state index contributed by atoms with van der Waals surface area (Å²) in [7, 11) is 1.26. The van der Waals surface area contributed by atoms with Gasteiger partial charge in [0.2, 0.25) is 0 Å². The molecule has 5 heteroatoms. The number of carbonyl (C=O) groups is 1. The van der Waals surface area contributed by atoms with Gasteiger partial charge in [0, 0.05) is 0 Å². The molecule has 1 rings (SSSR count). The van der Waals surface area contributed by atoms with Crippen molar-refractivity contribution in [1.29, 1.82) is 0 Å². The van der Waals surface area contributed by atoms with Gasteiger partial charge in [0.05, 0.1) is 7.11 Å². The van der Waals surface area contributed by atoms with Crippen LogP contribution >= 0.6 is 0 Å². The second-order valence-corrected chi connectivity index (χ2v) is 2.63. The Kier molecular flexibility index (Phi) is 3.03. The fraction of sp³-hybridized carbons (Fsp3) is 0.222. The lowest BCUT2D eigenvalue weighted by Crippen LogP contribution is -2.10. The highest BCUT2D eigenvalue weighted by Crippen LogP contribution is 2.22. The number of benzene rings is 1. The van der Waals surface area contributed by atoms with Gasteiger partial charge in [-0.15, -0.1) is 0 Å². The molecule has 0 spiro atoms. The topological polar surface area (TPSA) is 66.8 Å². The number of halogens is 1. The Morgan fingerprint density at radius 2 is 2.21 bits per heavy atom. The zero-order valence-corrected chi connectivity index (χ0v) is 7.40. The standard InChI is InChI=1S/C9H9FO4/c1-14-7-4-5(2-3-6(7)10)8(11)9(12)13/h2-4,8,11H,1H3,(H,12,13). The zero-order chi connectivity index (χ0) is 10.7. The van der Waals surface area contributed by atoms with Crippen LogP contribution in [-0.2, 0) is 4.79 Å². The summed E-state index contributed by atoms with van der Waals surface area (Å²) in [5.41, 5.74) is 0.0794. The summed E-state index contributed by atoms with van der Waals surface area (Å²) in [6, 6.07) is 3.38. The van der Waals surface area contributed by atoms with Crippen LogP contribution in [0.15, 0.2) is 18.2 Å². The SMILES string of the molecule is COc1cc(C(O)C(=O)O)ccc1F. The predicted molar refractivity (Wildman–Crippen MR) is 45.5 cm³/mol. The van der Waals surface area contributed by atoms with E-state index in [2.05, 4.69) is 4.74 Å². The number of carboxylic acid groups (broad SMARTS) is 1. The molecule has 0 fully saturated rings. The molecule has 0 aliphatic rings. The molecule has 1 aromatic rings. The maximum absolute atomic E-state index is 12.9. The summed E-state index contributed by atoms with van der Waals surface area (Å²) in [5, 5.41) is 17.6. The van der Waals surface area contributed by atoms with E-state index in [1.165, 1.54) is 13.2 Å². The Morgan fingerprint density at radius 1 is 1.57 bits per heavy atom. The van der Waals surface area contributed by atoms with E-state index in [1.54, 1.807) is 0 Å². The Balaban J connectivity index is 3.06. The number of rotatable bonds is 3. The highest BCUT2D eigenvalue weighted by molar-refractivity contribution is 5.74. The van der Waals surface area contributed by atoms with Gasteiger partial charge in [-0.05, 0) is 17.7 Å². The van der Waals surface area contributed by atoms with E-state index in [-0.39, 0.29) is 11.3 Å². The number of carboxylic acids is 1. The summed E-state index contributed by atoms with van der Waals surface area (Å²) in [4.78, 5) is 10.4. The van der Waals surface area contributed by atoms with Crippen molar-refractivity contribution >= 4 is 5.97 Å². The molecule has 0 heterocycles. The molecule has 0 aromatic heterocycles. The number of aliphatic hydroxyl groups is 1. The van der Waals surface area contributed by atoms with Gasteiger partial charge in [0.1, 0.15) is 0 Å². The third-order valence-electron chi connectivity index (χ3n) is 1.72. The van der Waals surface area contributed by atoms with Gasteiger partial charge in [0.15, 0.2) is 17.7 Å². The van der Waals surface area contributed by atoms with Crippen molar-refractivity contribution in [3.05, 3.63) is 29.6 Å². The number of methoxy groups -OCH3 is 1. The van der Waals surface area contributed by atoms with E-state index in [0.29, 0.717) is 0 Å². The summed E-state index contributed by atoms with van der Waals surface area (Å²) in [6.45, 7) is 0. The van der Waals surface area contributed by atoms with Crippen molar-refractivity contribution < 1.29 is 24.1 Å². The summed E-state index contributed by atoms with van der Waals surface area (Å²) in [5.74, 6) is -2.09. The highest BCUT2D eigenvalue weighted by atomic mass is 19.1. The van der Waals surface area contributed by atoms with Crippen molar-refractivity contribution in [3.63, 3.8) is 0 Å². The van der Waals surface area contributed by atoms with Crippen LogP contribution in [0.1, 0.15) is 11.7 Å². The van der Waals surface area contributed by atoms with Crippen molar-refractivity contribution in [1.82, 2.24) is 0 Å². The van der Waals surface area contributed by atoms with Crippen LogP contribution < -0.4 is 4.74 Å². The molecule has 1 aromatic carbocycles. The molecule has 0 amide bonds. The lowest BCUT2D eigenvalue weighted by molar-refractivity contribution is -0.146. The van der Waals surface area contributed by atoms with E-state index in [4.69, 9.17) is 10.2 Å². The van der Waals surface area contributed by atoms with E-state index in [0.717, 1.165) is 12.1 Å². The van der Waals surface area contributed by atoms with E-state index in [9.17, 15) is 9.18 Å². The zero-order valence-electron chi connectivity index (χ0n) is 7.40. The van der Waals surface area contributed by atoms with Gasteiger partial charge < -0.3 is 14.9 Å². The molecule has 76 valence electrons.